The number of carbonyl (C=O) groups is 2. The van der Waals surface area contributed by atoms with E-state index in [9.17, 15) is 9.59 Å². The number of carbonyl (C=O) groups excluding carboxylic acids is 2. The molecule has 2 amide bonds. The van der Waals surface area contributed by atoms with Crippen LogP contribution in [0.3, 0.4) is 0 Å². The van der Waals surface area contributed by atoms with Crippen LogP contribution in [-0.2, 0) is 16.0 Å². The summed E-state index contributed by atoms with van der Waals surface area (Å²) in [6.45, 7) is 5.08. The van der Waals surface area contributed by atoms with E-state index in [1.165, 1.54) is 11.3 Å². The number of thiophene rings is 1. The van der Waals surface area contributed by atoms with Gasteiger partial charge >= 0.3 is 0 Å². The Kier molecular flexibility index (Phi) is 8.31. The second kappa shape index (κ2) is 10.7. The van der Waals surface area contributed by atoms with E-state index >= 15 is 0 Å². The fourth-order valence-electron chi connectivity index (χ4n) is 2.42. The molecular formula is C20H26N2O3S. The summed E-state index contributed by atoms with van der Waals surface area (Å²) in [6.07, 6.45) is 1.37. The van der Waals surface area contributed by atoms with Crippen LogP contribution in [0.15, 0.2) is 47.8 Å². The van der Waals surface area contributed by atoms with Crippen molar-refractivity contribution in [3.05, 3.63) is 58.3 Å². The first kappa shape index (κ1) is 20.1. The van der Waals surface area contributed by atoms with E-state index in [1.807, 2.05) is 55.6 Å². The van der Waals surface area contributed by atoms with Gasteiger partial charge in [0.15, 0.2) is 0 Å². The Hall–Kier alpha value is -2.18. The highest BCUT2D eigenvalue weighted by Crippen LogP contribution is 2.10. The van der Waals surface area contributed by atoms with Crippen molar-refractivity contribution >= 4 is 23.2 Å². The molecule has 1 aromatic carbocycles. The van der Waals surface area contributed by atoms with Gasteiger partial charge in [0.05, 0.1) is 11.0 Å². The van der Waals surface area contributed by atoms with Crippen molar-refractivity contribution in [1.82, 2.24) is 10.6 Å². The van der Waals surface area contributed by atoms with E-state index in [0.29, 0.717) is 24.4 Å². The smallest absolute Gasteiger partial charge is 0.262 e. The lowest BCUT2D eigenvalue weighted by atomic mass is 10.1. The van der Waals surface area contributed by atoms with Gasteiger partial charge in [-0.05, 0) is 37.3 Å². The summed E-state index contributed by atoms with van der Waals surface area (Å²) in [6, 6.07) is 12.6. The van der Waals surface area contributed by atoms with Crippen LogP contribution in [0.5, 0.6) is 0 Å². The minimum absolute atomic E-state index is 0.177. The second-order valence-electron chi connectivity index (χ2n) is 6.26. The Labute approximate surface area is 158 Å². The van der Waals surface area contributed by atoms with Gasteiger partial charge in [-0.3, -0.25) is 9.59 Å². The summed E-state index contributed by atoms with van der Waals surface area (Å²) in [7, 11) is 0. The minimum atomic E-state index is -0.613. The average molecular weight is 375 g/mol. The van der Waals surface area contributed by atoms with Crippen LogP contribution in [0.4, 0.5) is 0 Å². The van der Waals surface area contributed by atoms with Crippen LogP contribution in [0.2, 0.25) is 0 Å². The zero-order valence-electron chi connectivity index (χ0n) is 15.2. The Morgan fingerprint density at radius 2 is 1.88 bits per heavy atom. The van der Waals surface area contributed by atoms with Crippen LogP contribution in [0.1, 0.15) is 35.5 Å². The number of rotatable bonds is 10. The fraction of sp³-hybridized carbons (Fsp3) is 0.400. The van der Waals surface area contributed by atoms with Gasteiger partial charge < -0.3 is 15.4 Å². The zero-order valence-corrected chi connectivity index (χ0v) is 16.1. The van der Waals surface area contributed by atoms with Crippen molar-refractivity contribution in [2.75, 3.05) is 13.2 Å². The molecule has 140 valence electrons. The van der Waals surface area contributed by atoms with E-state index in [0.717, 1.165) is 12.0 Å². The third-order valence-corrected chi connectivity index (χ3v) is 4.59. The molecule has 0 aliphatic rings. The quantitative estimate of drug-likeness (QED) is 0.628. The monoisotopic (exact) mass is 374 g/mol. The summed E-state index contributed by atoms with van der Waals surface area (Å²) in [4.78, 5) is 25.5. The van der Waals surface area contributed by atoms with E-state index in [2.05, 4.69) is 10.6 Å². The average Bonchev–Trinajstić information content (AvgIpc) is 3.16. The van der Waals surface area contributed by atoms with Gasteiger partial charge in [0, 0.05) is 19.6 Å². The Morgan fingerprint density at radius 1 is 1.12 bits per heavy atom. The molecule has 5 nitrogen and oxygen atoms in total. The highest BCUT2D eigenvalue weighted by Gasteiger charge is 2.22. The summed E-state index contributed by atoms with van der Waals surface area (Å²) in [5, 5.41) is 7.60. The van der Waals surface area contributed by atoms with Gasteiger partial charge in [-0.25, -0.2) is 0 Å². The molecule has 2 rings (SSSR count). The molecule has 0 bridgehead atoms. The van der Waals surface area contributed by atoms with Crippen LogP contribution in [0, 0.1) is 0 Å². The molecule has 1 aromatic heterocycles. The first-order valence-electron chi connectivity index (χ1n) is 8.84. The van der Waals surface area contributed by atoms with Crippen molar-refractivity contribution < 1.29 is 14.3 Å². The molecule has 0 aliphatic heterocycles. The lowest BCUT2D eigenvalue weighted by Gasteiger charge is -2.18. The maximum Gasteiger partial charge on any atom is 0.262 e. The van der Waals surface area contributed by atoms with E-state index in [4.69, 9.17) is 4.74 Å². The summed E-state index contributed by atoms with van der Waals surface area (Å²) >= 11 is 1.36. The first-order valence-corrected chi connectivity index (χ1v) is 9.72. The number of benzene rings is 1. The van der Waals surface area contributed by atoms with Gasteiger partial charge in [0.25, 0.3) is 5.91 Å². The number of hydrogen-bond donors (Lipinski definition) is 2. The molecule has 26 heavy (non-hydrogen) atoms. The van der Waals surface area contributed by atoms with E-state index in [-0.39, 0.29) is 17.9 Å². The molecule has 0 aliphatic carbocycles. The van der Waals surface area contributed by atoms with E-state index in [1.54, 1.807) is 6.07 Å². The Morgan fingerprint density at radius 3 is 2.54 bits per heavy atom. The van der Waals surface area contributed by atoms with Gasteiger partial charge in [-0.1, -0.05) is 36.4 Å². The van der Waals surface area contributed by atoms with Gasteiger partial charge in [0.1, 0.15) is 6.04 Å². The number of hydrogen-bond acceptors (Lipinski definition) is 4. The van der Waals surface area contributed by atoms with Crippen molar-refractivity contribution in [2.24, 2.45) is 0 Å². The molecule has 2 N–H and O–H groups in total. The Balaban J connectivity index is 1.93. The third kappa shape index (κ3) is 6.98. The normalized spacial score (nSPS) is 12.0. The number of amides is 2. The molecule has 0 fully saturated rings. The molecule has 0 saturated heterocycles. The number of ether oxygens (including phenoxy) is 1. The third-order valence-electron chi connectivity index (χ3n) is 3.72. The van der Waals surface area contributed by atoms with Crippen LogP contribution in [0.25, 0.3) is 0 Å². The van der Waals surface area contributed by atoms with Crippen molar-refractivity contribution in [1.29, 1.82) is 0 Å². The predicted molar refractivity (Wildman–Crippen MR) is 104 cm³/mol. The minimum Gasteiger partial charge on any atom is -0.379 e. The summed E-state index contributed by atoms with van der Waals surface area (Å²) in [5.74, 6) is -0.400. The molecule has 2 aromatic rings. The predicted octanol–water partition coefficient (Wildman–Crippen LogP) is 3.02. The van der Waals surface area contributed by atoms with Crippen molar-refractivity contribution in [3.63, 3.8) is 0 Å². The first-order chi connectivity index (χ1) is 12.6. The topological polar surface area (TPSA) is 67.4 Å². The molecule has 1 atom stereocenters. The highest BCUT2D eigenvalue weighted by atomic mass is 32.1. The van der Waals surface area contributed by atoms with Gasteiger partial charge in [0.2, 0.25) is 5.91 Å². The van der Waals surface area contributed by atoms with Gasteiger partial charge in [-0.15, -0.1) is 11.3 Å². The zero-order chi connectivity index (χ0) is 18.8. The standard InChI is InChI=1S/C20H26N2O3S/c1-15(2)25-12-7-11-21-19(23)17(14-16-8-4-3-5-9-16)22-20(24)18-10-6-13-26-18/h3-6,8-10,13,15,17H,7,11-12,14H2,1-2H3,(H,21,23)(H,22,24). The highest BCUT2D eigenvalue weighted by molar-refractivity contribution is 7.12. The maximum absolute atomic E-state index is 12.6. The largest absolute Gasteiger partial charge is 0.379 e. The van der Waals surface area contributed by atoms with Crippen molar-refractivity contribution in [3.8, 4) is 0 Å². The van der Waals surface area contributed by atoms with Gasteiger partial charge in [-0.2, -0.15) is 0 Å². The molecule has 0 saturated carbocycles. The molecule has 1 unspecified atom stereocenters. The van der Waals surface area contributed by atoms with Crippen molar-refractivity contribution in [2.45, 2.75) is 38.8 Å². The molecule has 6 heteroatoms. The number of nitrogens with one attached hydrogen (secondary N) is 2. The molecule has 0 radical (unpaired) electrons. The van der Waals surface area contributed by atoms with E-state index < -0.39 is 6.04 Å². The van der Waals surface area contributed by atoms with Crippen LogP contribution >= 0.6 is 11.3 Å². The molecular weight excluding hydrogens is 348 g/mol. The van der Waals surface area contributed by atoms with Crippen LogP contribution in [-0.4, -0.2) is 37.1 Å². The Bertz CT molecular complexity index is 672. The lowest BCUT2D eigenvalue weighted by molar-refractivity contribution is -0.123. The van der Waals surface area contributed by atoms with Crippen LogP contribution < -0.4 is 10.6 Å². The second-order valence-corrected chi connectivity index (χ2v) is 7.20. The molecule has 1 heterocycles. The summed E-state index contributed by atoms with van der Waals surface area (Å²) < 4.78 is 5.47. The molecule has 0 spiro atoms. The summed E-state index contributed by atoms with van der Waals surface area (Å²) in [5.41, 5.74) is 1.00. The maximum atomic E-state index is 12.6. The lowest BCUT2D eigenvalue weighted by Crippen LogP contribution is -2.48. The fourth-order valence-corrected chi connectivity index (χ4v) is 3.05. The SMILES string of the molecule is CC(C)OCCCNC(=O)C(Cc1ccccc1)NC(=O)c1cccs1.